The van der Waals surface area contributed by atoms with Gasteiger partial charge in [0, 0.05) is 12.1 Å². The van der Waals surface area contributed by atoms with Gasteiger partial charge in [0.05, 0.1) is 11.0 Å². The van der Waals surface area contributed by atoms with Crippen molar-refractivity contribution in [3.05, 3.63) is 39.9 Å². The fraction of sp³-hybridized carbons (Fsp3) is 0.500. The first kappa shape index (κ1) is 12.0. The quantitative estimate of drug-likeness (QED) is 0.606. The van der Waals surface area contributed by atoms with Gasteiger partial charge in [-0.25, -0.2) is 0 Å². The van der Waals surface area contributed by atoms with Crippen molar-refractivity contribution in [3.8, 4) is 0 Å². The molecule has 0 unspecified atom stereocenters. The van der Waals surface area contributed by atoms with E-state index in [1.165, 1.54) is 24.3 Å². The molecule has 0 aromatic heterocycles. The predicted molar refractivity (Wildman–Crippen MR) is 61.5 cm³/mol. The van der Waals surface area contributed by atoms with E-state index >= 15 is 0 Å². The molecule has 17 heavy (non-hydrogen) atoms. The fourth-order valence-electron chi connectivity index (χ4n) is 2.35. The Kier molecular flexibility index (Phi) is 3.13. The number of nitro groups is 1. The summed E-state index contributed by atoms with van der Waals surface area (Å²) in [5.41, 5.74) is -0.717. The third-order valence-electron chi connectivity index (χ3n) is 3.41. The molecule has 0 heterocycles. The van der Waals surface area contributed by atoms with E-state index in [4.69, 9.17) is 0 Å². The molecular weight excluding hydrogens is 222 g/mol. The van der Waals surface area contributed by atoms with E-state index in [1.807, 2.05) is 0 Å². The highest BCUT2D eigenvalue weighted by Crippen LogP contribution is 2.37. The topological polar surface area (TPSA) is 83.6 Å². The molecular formula is C12H15NO4. The fourth-order valence-corrected chi connectivity index (χ4v) is 2.35. The minimum absolute atomic E-state index is 0.0114. The third-order valence-corrected chi connectivity index (χ3v) is 3.41. The van der Waals surface area contributed by atoms with Crippen LogP contribution >= 0.6 is 0 Å². The van der Waals surface area contributed by atoms with Gasteiger partial charge < -0.3 is 10.2 Å². The van der Waals surface area contributed by atoms with Gasteiger partial charge in [0.25, 0.3) is 5.69 Å². The number of non-ortho nitro benzene ring substituents is 1. The largest absolute Gasteiger partial charge is 0.390 e. The minimum Gasteiger partial charge on any atom is -0.390 e. The van der Waals surface area contributed by atoms with Crippen LogP contribution in [0.25, 0.3) is 0 Å². The van der Waals surface area contributed by atoms with Gasteiger partial charge in [-0.3, -0.25) is 10.1 Å². The smallest absolute Gasteiger partial charge is 0.269 e. The lowest BCUT2D eigenvalue weighted by Gasteiger charge is -2.37. The van der Waals surface area contributed by atoms with E-state index < -0.39 is 16.6 Å². The molecule has 1 aliphatic rings. The van der Waals surface area contributed by atoms with Crippen LogP contribution in [0.1, 0.15) is 31.2 Å². The first-order valence-corrected chi connectivity index (χ1v) is 5.69. The van der Waals surface area contributed by atoms with Gasteiger partial charge in [-0.15, -0.1) is 0 Å². The maximum Gasteiger partial charge on any atom is 0.269 e. The van der Waals surface area contributed by atoms with E-state index in [1.54, 1.807) is 0 Å². The summed E-state index contributed by atoms with van der Waals surface area (Å²) in [7, 11) is 0. The molecule has 0 spiro atoms. The van der Waals surface area contributed by atoms with Crippen LogP contribution < -0.4 is 0 Å². The molecule has 2 rings (SSSR count). The summed E-state index contributed by atoms with van der Waals surface area (Å²) in [5.74, 6) is 0. The lowest BCUT2D eigenvalue weighted by molar-refractivity contribution is -0.384. The first-order valence-electron chi connectivity index (χ1n) is 5.69. The molecule has 2 N–H and O–H groups in total. The summed E-state index contributed by atoms with van der Waals surface area (Å²) in [6.07, 6.45) is 2.01. The third kappa shape index (κ3) is 2.16. The number of hydrogen-bond acceptors (Lipinski definition) is 4. The van der Waals surface area contributed by atoms with Crippen molar-refractivity contribution in [2.75, 3.05) is 0 Å². The van der Waals surface area contributed by atoms with Crippen molar-refractivity contribution in [3.63, 3.8) is 0 Å². The van der Waals surface area contributed by atoms with Crippen molar-refractivity contribution in [2.45, 2.75) is 37.4 Å². The van der Waals surface area contributed by atoms with Gasteiger partial charge in [-0.2, -0.15) is 0 Å². The zero-order valence-electron chi connectivity index (χ0n) is 9.37. The molecule has 92 valence electrons. The van der Waals surface area contributed by atoms with E-state index in [2.05, 4.69) is 0 Å². The van der Waals surface area contributed by atoms with Gasteiger partial charge in [-0.05, 0) is 30.5 Å². The normalized spacial score (nSPS) is 28.9. The Morgan fingerprint density at radius 3 is 2.47 bits per heavy atom. The van der Waals surface area contributed by atoms with Crippen molar-refractivity contribution in [1.29, 1.82) is 0 Å². The summed E-state index contributed by atoms with van der Waals surface area (Å²) in [6, 6.07) is 5.75. The standard InChI is InChI=1S/C12H15NO4/c14-11-3-1-2-8-12(11,15)9-4-6-10(7-5-9)13(16)17/h4-7,11,14-15H,1-3,8H2/t11-,12+/m1/s1. The number of nitro benzene ring substituents is 1. The molecule has 5 nitrogen and oxygen atoms in total. The monoisotopic (exact) mass is 237 g/mol. The van der Waals surface area contributed by atoms with Crippen LogP contribution in [0.15, 0.2) is 24.3 Å². The van der Waals surface area contributed by atoms with Crippen molar-refractivity contribution in [1.82, 2.24) is 0 Å². The first-order chi connectivity index (χ1) is 8.04. The van der Waals surface area contributed by atoms with Crippen molar-refractivity contribution in [2.24, 2.45) is 0 Å². The summed E-state index contributed by atoms with van der Waals surface area (Å²) >= 11 is 0. The predicted octanol–water partition coefficient (Wildman–Crippen LogP) is 1.72. The zero-order chi connectivity index (χ0) is 12.5. The SMILES string of the molecule is O=[N+]([O-])c1ccc([C@@]2(O)CCCC[C@H]2O)cc1. The van der Waals surface area contributed by atoms with Crippen LogP contribution in [0.5, 0.6) is 0 Å². The Balaban J connectivity index is 2.29. The van der Waals surface area contributed by atoms with Crippen LogP contribution in [-0.2, 0) is 5.60 Å². The van der Waals surface area contributed by atoms with E-state index in [0.29, 0.717) is 18.4 Å². The molecule has 5 heteroatoms. The van der Waals surface area contributed by atoms with Crippen LogP contribution in [-0.4, -0.2) is 21.2 Å². The highest BCUT2D eigenvalue weighted by Gasteiger charge is 2.39. The number of aliphatic hydroxyl groups is 2. The Bertz CT molecular complexity index is 417. The summed E-state index contributed by atoms with van der Waals surface area (Å²) in [6.45, 7) is 0. The molecule has 1 saturated carbocycles. The van der Waals surface area contributed by atoms with Crippen LogP contribution in [0.2, 0.25) is 0 Å². The zero-order valence-corrected chi connectivity index (χ0v) is 9.37. The molecule has 1 aromatic carbocycles. The Hall–Kier alpha value is -1.46. The van der Waals surface area contributed by atoms with Gasteiger partial charge in [0.2, 0.25) is 0 Å². The molecule has 0 amide bonds. The molecule has 2 atom stereocenters. The van der Waals surface area contributed by atoms with Crippen molar-refractivity contribution < 1.29 is 15.1 Å². The van der Waals surface area contributed by atoms with E-state index in [-0.39, 0.29) is 5.69 Å². The average molecular weight is 237 g/mol. The van der Waals surface area contributed by atoms with E-state index in [9.17, 15) is 20.3 Å². The maximum absolute atomic E-state index is 10.5. The Morgan fingerprint density at radius 2 is 1.94 bits per heavy atom. The second-order valence-electron chi connectivity index (χ2n) is 4.49. The van der Waals surface area contributed by atoms with E-state index in [0.717, 1.165) is 12.8 Å². The van der Waals surface area contributed by atoms with Crippen LogP contribution in [0.3, 0.4) is 0 Å². The van der Waals surface area contributed by atoms with Crippen molar-refractivity contribution >= 4 is 5.69 Å². The van der Waals surface area contributed by atoms with Gasteiger partial charge in [0.1, 0.15) is 5.60 Å². The lowest BCUT2D eigenvalue weighted by Crippen LogP contribution is -2.42. The second-order valence-corrected chi connectivity index (χ2v) is 4.49. The highest BCUT2D eigenvalue weighted by molar-refractivity contribution is 5.36. The molecule has 1 aromatic rings. The highest BCUT2D eigenvalue weighted by atomic mass is 16.6. The molecule has 0 saturated heterocycles. The van der Waals surface area contributed by atoms with Gasteiger partial charge >= 0.3 is 0 Å². The van der Waals surface area contributed by atoms with Gasteiger partial charge in [-0.1, -0.05) is 12.8 Å². The summed E-state index contributed by atoms with van der Waals surface area (Å²) < 4.78 is 0. The van der Waals surface area contributed by atoms with Crippen LogP contribution in [0, 0.1) is 10.1 Å². The summed E-state index contributed by atoms with van der Waals surface area (Å²) in [4.78, 5) is 10.0. The minimum atomic E-state index is -1.26. The molecule has 0 bridgehead atoms. The number of nitrogens with zero attached hydrogens (tertiary/aromatic N) is 1. The molecule has 1 aliphatic carbocycles. The number of benzene rings is 1. The number of aliphatic hydroxyl groups excluding tert-OH is 1. The second kappa shape index (κ2) is 4.43. The number of hydrogen-bond donors (Lipinski definition) is 2. The Labute approximate surface area is 98.9 Å². The Morgan fingerprint density at radius 1 is 1.29 bits per heavy atom. The number of rotatable bonds is 2. The maximum atomic E-state index is 10.5. The molecule has 0 radical (unpaired) electrons. The summed E-state index contributed by atoms with van der Waals surface area (Å²) in [5, 5.41) is 30.8. The lowest BCUT2D eigenvalue weighted by atomic mass is 9.77. The molecule has 1 fully saturated rings. The van der Waals surface area contributed by atoms with Gasteiger partial charge in [0.15, 0.2) is 0 Å². The molecule has 0 aliphatic heterocycles. The van der Waals surface area contributed by atoms with Crippen LogP contribution in [0.4, 0.5) is 5.69 Å². The average Bonchev–Trinajstić information content (AvgIpc) is 2.33.